The molecule has 0 fully saturated rings. The van der Waals surface area contributed by atoms with Gasteiger partial charge in [0.2, 0.25) is 5.43 Å². The predicted molar refractivity (Wildman–Crippen MR) is 117 cm³/mol. The molecule has 0 aliphatic heterocycles. The van der Waals surface area contributed by atoms with E-state index in [-0.39, 0.29) is 11.5 Å². The number of hydrazine groups is 1. The number of carbonyl (C=O) groups is 2. The summed E-state index contributed by atoms with van der Waals surface area (Å²) in [6, 6.07) is 6.79. The number of carbonyl (C=O) groups excluding carboxylic acids is 2. The maximum Gasteiger partial charge on any atom is 0.268 e. The summed E-state index contributed by atoms with van der Waals surface area (Å²) in [5.41, 5.74) is 4.20. The lowest BCUT2D eigenvalue weighted by molar-refractivity contribution is 0.0857. The number of para-hydroxylation sites is 1. The van der Waals surface area contributed by atoms with Crippen molar-refractivity contribution >= 4 is 39.1 Å². The molecule has 0 unspecified atom stereocenters. The first kappa shape index (κ1) is 20.3. The molecule has 2 N–H and O–H groups in total. The Morgan fingerprint density at radius 2 is 1.83 bits per heavy atom. The summed E-state index contributed by atoms with van der Waals surface area (Å²) in [4.78, 5) is 39.7. The average molecular weight is 426 g/mol. The van der Waals surface area contributed by atoms with Crippen LogP contribution in [0.5, 0.6) is 0 Å². The Hall–Kier alpha value is -2.97. The minimum atomic E-state index is -0.579. The molecular weight excluding hydrogens is 402 g/mol. The van der Waals surface area contributed by atoms with Crippen LogP contribution in [-0.4, -0.2) is 30.9 Å². The van der Waals surface area contributed by atoms with Gasteiger partial charge in [-0.15, -0.1) is 11.3 Å². The van der Waals surface area contributed by atoms with Gasteiger partial charge in [-0.2, -0.15) is 0 Å². The molecule has 7 nitrogen and oxygen atoms in total. The normalized spacial score (nSPS) is 13.7. The van der Waals surface area contributed by atoms with Gasteiger partial charge in [0, 0.05) is 19.0 Å². The Labute approximate surface area is 177 Å². The van der Waals surface area contributed by atoms with Gasteiger partial charge in [-0.05, 0) is 43.4 Å². The van der Waals surface area contributed by atoms with Gasteiger partial charge in [0.05, 0.1) is 10.9 Å². The van der Waals surface area contributed by atoms with Gasteiger partial charge in [-0.25, -0.2) is 5.01 Å². The van der Waals surface area contributed by atoms with E-state index < -0.39 is 11.3 Å². The summed E-state index contributed by atoms with van der Waals surface area (Å²) >= 11 is 1.42. The Bertz CT molecular complexity index is 1180. The van der Waals surface area contributed by atoms with Crippen LogP contribution in [0.25, 0.3) is 11.0 Å². The maximum absolute atomic E-state index is 12.9. The molecule has 30 heavy (non-hydrogen) atoms. The van der Waals surface area contributed by atoms with Crippen LogP contribution in [0.4, 0.5) is 5.00 Å². The molecule has 1 aliphatic carbocycles. The van der Waals surface area contributed by atoms with E-state index >= 15 is 0 Å². The van der Waals surface area contributed by atoms with Gasteiger partial charge < -0.3 is 9.73 Å². The maximum atomic E-state index is 12.9. The molecule has 3 aromatic rings. The van der Waals surface area contributed by atoms with E-state index in [1.807, 2.05) is 0 Å². The van der Waals surface area contributed by atoms with Crippen molar-refractivity contribution in [2.75, 3.05) is 19.4 Å². The van der Waals surface area contributed by atoms with E-state index in [9.17, 15) is 14.4 Å². The lowest BCUT2D eigenvalue weighted by Crippen LogP contribution is -2.37. The summed E-state index contributed by atoms with van der Waals surface area (Å²) in [5.74, 6) is -0.843. The molecular formula is C22H23N3O4S. The summed E-state index contributed by atoms with van der Waals surface area (Å²) in [6.45, 7) is 0. The number of nitrogens with zero attached hydrogens (tertiary/aromatic N) is 1. The van der Waals surface area contributed by atoms with E-state index in [1.165, 1.54) is 17.6 Å². The molecule has 2 heterocycles. The molecule has 2 amide bonds. The standard InChI is InChI=1S/C22H23N3O4S/c1-25(2)24-21(28)18-14-9-4-3-5-11-17(14)30-22(18)23-20(27)15-12-29-16-10-7-6-8-13(16)19(15)26/h6-8,10,12H,3-5,9,11H2,1-2H3,(H,23,27)(H,24,28). The van der Waals surface area contributed by atoms with Crippen molar-refractivity contribution in [2.45, 2.75) is 32.1 Å². The van der Waals surface area contributed by atoms with Crippen LogP contribution >= 0.6 is 11.3 Å². The molecule has 156 valence electrons. The van der Waals surface area contributed by atoms with Gasteiger partial charge in [0.1, 0.15) is 22.4 Å². The summed E-state index contributed by atoms with van der Waals surface area (Å²) in [5, 5.41) is 5.20. The molecule has 0 saturated carbocycles. The summed E-state index contributed by atoms with van der Waals surface area (Å²) < 4.78 is 5.47. The number of hydrogen-bond donors (Lipinski definition) is 2. The Kier molecular flexibility index (Phi) is 5.69. The average Bonchev–Trinajstić information content (AvgIpc) is 2.88. The highest BCUT2D eigenvalue weighted by atomic mass is 32.1. The fourth-order valence-corrected chi connectivity index (χ4v) is 5.02. The SMILES string of the molecule is CN(C)NC(=O)c1c(NC(=O)c2coc3ccccc3c2=O)sc2c1CCCCC2. The van der Waals surface area contributed by atoms with E-state index in [0.29, 0.717) is 21.5 Å². The van der Waals surface area contributed by atoms with Gasteiger partial charge in [0.25, 0.3) is 11.8 Å². The fourth-order valence-electron chi connectivity index (χ4n) is 3.74. The first-order valence-corrected chi connectivity index (χ1v) is 10.7. The number of rotatable bonds is 4. The molecule has 4 rings (SSSR count). The van der Waals surface area contributed by atoms with Gasteiger partial charge in [-0.1, -0.05) is 18.6 Å². The number of aryl methyl sites for hydroxylation is 1. The third kappa shape index (κ3) is 3.88. The van der Waals surface area contributed by atoms with Crippen LogP contribution in [0, 0.1) is 0 Å². The van der Waals surface area contributed by atoms with Gasteiger partial charge in [0.15, 0.2) is 0 Å². The molecule has 1 aromatic carbocycles. The largest absolute Gasteiger partial charge is 0.463 e. The first-order chi connectivity index (χ1) is 14.5. The van der Waals surface area contributed by atoms with Crippen LogP contribution in [0.3, 0.4) is 0 Å². The third-order valence-electron chi connectivity index (χ3n) is 5.13. The fraction of sp³-hybridized carbons (Fsp3) is 0.318. The van der Waals surface area contributed by atoms with Crippen molar-refractivity contribution in [3.05, 3.63) is 62.3 Å². The van der Waals surface area contributed by atoms with Crippen LogP contribution in [0.2, 0.25) is 0 Å². The highest BCUT2D eigenvalue weighted by Crippen LogP contribution is 2.37. The first-order valence-electron chi connectivity index (χ1n) is 9.90. The molecule has 0 saturated heterocycles. The summed E-state index contributed by atoms with van der Waals surface area (Å²) in [7, 11) is 3.48. The third-order valence-corrected chi connectivity index (χ3v) is 6.33. The monoisotopic (exact) mass is 425 g/mol. The number of nitrogens with one attached hydrogen (secondary N) is 2. The van der Waals surface area contributed by atoms with E-state index in [4.69, 9.17) is 4.42 Å². The van der Waals surface area contributed by atoms with Crippen molar-refractivity contribution in [1.82, 2.24) is 10.4 Å². The van der Waals surface area contributed by atoms with Crippen molar-refractivity contribution in [2.24, 2.45) is 0 Å². The summed E-state index contributed by atoms with van der Waals surface area (Å²) in [6.07, 6.45) is 6.05. The van der Waals surface area contributed by atoms with Gasteiger partial charge >= 0.3 is 0 Å². The quantitative estimate of drug-likeness (QED) is 0.492. The number of hydrogen-bond acceptors (Lipinski definition) is 6. The molecule has 0 radical (unpaired) electrons. The number of benzene rings is 1. The smallest absolute Gasteiger partial charge is 0.268 e. The number of anilines is 1. The van der Waals surface area contributed by atoms with E-state index in [0.717, 1.165) is 42.5 Å². The molecule has 0 atom stereocenters. The second kappa shape index (κ2) is 8.41. The number of thiophene rings is 1. The highest BCUT2D eigenvalue weighted by molar-refractivity contribution is 7.17. The van der Waals surface area contributed by atoms with Crippen LogP contribution in [0.1, 0.15) is 50.4 Å². The van der Waals surface area contributed by atoms with Crippen molar-refractivity contribution in [1.29, 1.82) is 0 Å². The van der Waals surface area contributed by atoms with Crippen molar-refractivity contribution in [3.8, 4) is 0 Å². The zero-order valence-electron chi connectivity index (χ0n) is 16.9. The zero-order valence-corrected chi connectivity index (χ0v) is 17.7. The lowest BCUT2D eigenvalue weighted by Gasteiger charge is -2.14. The zero-order chi connectivity index (χ0) is 21.3. The topological polar surface area (TPSA) is 91.7 Å². The van der Waals surface area contributed by atoms with E-state index in [1.54, 1.807) is 43.4 Å². The molecule has 2 aromatic heterocycles. The van der Waals surface area contributed by atoms with Crippen molar-refractivity contribution in [3.63, 3.8) is 0 Å². The highest BCUT2D eigenvalue weighted by Gasteiger charge is 2.27. The molecule has 8 heteroatoms. The molecule has 1 aliphatic rings. The Morgan fingerprint density at radius 1 is 1.07 bits per heavy atom. The second-order valence-electron chi connectivity index (χ2n) is 7.53. The second-order valence-corrected chi connectivity index (χ2v) is 8.64. The minimum Gasteiger partial charge on any atom is -0.463 e. The van der Waals surface area contributed by atoms with E-state index in [2.05, 4.69) is 10.7 Å². The van der Waals surface area contributed by atoms with Crippen molar-refractivity contribution < 1.29 is 14.0 Å². The number of amides is 2. The van der Waals surface area contributed by atoms with Crippen LogP contribution in [0.15, 0.2) is 39.7 Å². The molecule has 0 spiro atoms. The lowest BCUT2D eigenvalue weighted by atomic mass is 10.0. The minimum absolute atomic E-state index is 0.0868. The Morgan fingerprint density at radius 3 is 2.63 bits per heavy atom. The van der Waals surface area contributed by atoms with Crippen LogP contribution < -0.4 is 16.2 Å². The van der Waals surface area contributed by atoms with Crippen LogP contribution in [-0.2, 0) is 12.8 Å². The number of fused-ring (bicyclic) bond motifs is 2. The molecule has 0 bridgehead atoms. The Balaban J connectivity index is 1.72. The van der Waals surface area contributed by atoms with Gasteiger partial charge in [-0.3, -0.25) is 19.8 Å². The predicted octanol–water partition coefficient (Wildman–Crippen LogP) is 3.58.